The molecule has 0 saturated carbocycles. The Bertz CT molecular complexity index is 1270. The molecule has 1 aliphatic heterocycles. The third-order valence-electron chi connectivity index (χ3n) is 6.37. The number of fused-ring (bicyclic) bond motifs is 1. The molecule has 2 N–H and O–H groups in total. The van der Waals surface area contributed by atoms with Crippen molar-refractivity contribution in [3.05, 3.63) is 59.3 Å². The Morgan fingerprint density at radius 2 is 2.03 bits per heavy atom. The monoisotopic (exact) mass is 472 g/mol. The van der Waals surface area contributed by atoms with Crippen LogP contribution in [0.2, 0.25) is 0 Å². The van der Waals surface area contributed by atoms with Crippen LogP contribution in [0.4, 0.5) is 17.2 Å². The average molecular weight is 473 g/mol. The number of aryl methyl sites for hydroxylation is 1. The van der Waals surface area contributed by atoms with Crippen molar-refractivity contribution in [1.29, 1.82) is 5.26 Å². The van der Waals surface area contributed by atoms with E-state index in [9.17, 15) is 10.1 Å². The number of hydrogen-bond donors (Lipinski definition) is 2. The van der Waals surface area contributed by atoms with Gasteiger partial charge in [-0.25, -0.2) is 4.98 Å². The number of pyridine rings is 2. The zero-order valence-electron chi connectivity index (χ0n) is 21.1. The van der Waals surface area contributed by atoms with E-state index >= 15 is 0 Å². The summed E-state index contributed by atoms with van der Waals surface area (Å²) in [6.07, 6.45) is 5.63. The Morgan fingerprint density at radius 3 is 2.69 bits per heavy atom. The summed E-state index contributed by atoms with van der Waals surface area (Å²) in [4.78, 5) is 23.7. The van der Waals surface area contributed by atoms with E-state index in [0.29, 0.717) is 13.1 Å². The van der Waals surface area contributed by atoms with E-state index in [1.165, 1.54) is 0 Å². The molecule has 0 spiro atoms. The van der Waals surface area contributed by atoms with Gasteiger partial charge in [-0.15, -0.1) is 0 Å². The number of aromatic nitrogens is 4. The number of rotatable bonds is 7. The Balaban J connectivity index is 1.43. The van der Waals surface area contributed by atoms with Crippen molar-refractivity contribution in [3.63, 3.8) is 0 Å². The summed E-state index contributed by atoms with van der Waals surface area (Å²) in [7, 11) is 1.96. The van der Waals surface area contributed by atoms with E-state index in [1.807, 2.05) is 81.8 Å². The summed E-state index contributed by atoms with van der Waals surface area (Å²) >= 11 is 0. The minimum atomic E-state index is -0.609. The summed E-state index contributed by atoms with van der Waals surface area (Å²) in [5.41, 5.74) is 4.70. The van der Waals surface area contributed by atoms with Gasteiger partial charge in [0.25, 0.3) is 0 Å². The number of likely N-dealkylation sites (N-methyl/N-ethyl adjacent to an activating group) is 1. The molecule has 0 fully saturated rings. The third kappa shape index (κ3) is 4.97. The van der Waals surface area contributed by atoms with Crippen LogP contribution in [0.3, 0.4) is 0 Å². The number of carbonyl (C=O) groups excluding carboxylic acids is 1. The molecule has 4 rings (SSSR count). The molecule has 0 radical (unpaired) electrons. The standard InChI is InChI=1S/C26H32N8O/c1-16(2)24-25(35)32-23-17(3)31-22(9-20(23)33(24)6)29-11-19-12-30-34(14-19)13-18-7-8-21(28-10-18)26(4,5)15-27/h7-10,12,14,16,24H,11,13H2,1-6H3,(H,29,31)(H,32,35)/t24-/m0/s1. The maximum Gasteiger partial charge on any atom is 0.247 e. The fourth-order valence-corrected chi connectivity index (χ4v) is 4.36. The number of carbonyl (C=O) groups is 1. The van der Waals surface area contributed by atoms with E-state index in [0.717, 1.165) is 39.7 Å². The highest BCUT2D eigenvalue weighted by Gasteiger charge is 2.34. The van der Waals surface area contributed by atoms with Crippen molar-refractivity contribution in [2.45, 2.75) is 59.2 Å². The molecule has 0 saturated heterocycles. The Labute approximate surface area is 206 Å². The van der Waals surface area contributed by atoms with Crippen molar-refractivity contribution in [2.24, 2.45) is 5.92 Å². The van der Waals surface area contributed by atoms with Crippen LogP contribution in [0.5, 0.6) is 0 Å². The molecular formula is C26H32N8O. The molecule has 0 bridgehead atoms. The quantitative estimate of drug-likeness (QED) is 0.537. The summed E-state index contributed by atoms with van der Waals surface area (Å²) < 4.78 is 1.87. The number of hydrogen-bond acceptors (Lipinski definition) is 7. The maximum atomic E-state index is 12.5. The normalized spacial score (nSPS) is 15.5. The topological polar surface area (TPSA) is 112 Å². The van der Waals surface area contributed by atoms with E-state index in [-0.39, 0.29) is 17.9 Å². The molecule has 0 aromatic carbocycles. The Hall–Kier alpha value is -3.93. The molecular weight excluding hydrogens is 440 g/mol. The zero-order valence-corrected chi connectivity index (χ0v) is 21.1. The lowest BCUT2D eigenvalue weighted by molar-refractivity contribution is -0.118. The molecule has 3 aromatic rings. The fraction of sp³-hybridized carbons (Fsp3) is 0.423. The first kappa shape index (κ1) is 24.2. The van der Waals surface area contributed by atoms with Gasteiger partial charge in [0.2, 0.25) is 5.91 Å². The second kappa shape index (κ2) is 9.37. The van der Waals surface area contributed by atoms with Crippen LogP contribution in [0, 0.1) is 24.2 Å². The van der Waals surface area contributed by atoms with Crippen LogP contribution in [0.25, 0.3) is 0 Å². The van der Waals surface area contributed by atoms with Gasteiger partial charge in [-0.05, 0) is 38.3 Å². The molecule has 1 atom stereocenters. The third-order valence-corrected chi connectivity index (χ3v) is 6.37. The molecule has 9 nitrogen and oxygen atoms in total. The smallest absolute Gasteiger partial charge is 0.247 e. The zero-order chi connectivity index (χ0) is 25.3. The second-order valence-corrected chi connectivity index (χ2v) is 9.96. The highest BCUT2D eigenvalue weighted by molar-refractivity contribution is 6.04. The van der Waals surface area contributed by atoms with E-state index in [4.69, 9.17) is 0 Å². The van der Waals surface area contributed by atoms with Gasteiger partial charge >= 0.3 is 0 Å². The van der Waals surface area contributed by atoms with Crippen molar-refractivity contribution in [1.82, 2.24) is 19.7 Å². The van der Waals surface area contributed by atoms with Crippen LogP contribution in [-0.2, 0) is 23.3 Å². The van der Waals surface area contributed by atoms with Gasteiger partial charge in [-0.1, -0.05) is 19.9 Å². The van der Waals surface area contributed by atoms with E-state index in [2.05, 4.69) is 31.8 Å². The molecule has 182 valence electrons. The van der Waals surface area contributed by atoms with Gasteiger partial charge in [0.1, 0.15) is 11.9 Å². The molecule has 1 amide bonds. The maximum absolute atomic E-state index is 12.5. The van der Waals surface area contributed by atoms with Crippen LogP contribution in [-0.4, -0.2) is 38.7 Å². The van der Waals surface area contributed by atoms with E-state index < -0.39 is 5.41 Å². The molecule has 35 heavy (non-hydrogen) atoms. The summed E-state index contributed by atoms with van der Waals surface area (Å²) in [5.74, 6) is 0.944. The molecule has 0 unspecified atom stereocenters. The second-order valence-electron chi connectivity index (χ2n) is 9.96. The predicted octanol–water partition coefficient (Wildman–Crippen LogP) is 3.86. The van der Waals surface area contributed by atoms with Crippen LogP contribution in [0.15, 0.2) is 36.8 Å². The first-order chi connectivity index (χ1) is 16.6. The highest BCUT2D eigenvalue weighted by Crippen LogP contribution is 2.36. The first-order valence-corrected chi connectivity index (χ1v) is 11.8. The predicted molar refractivity (Wildman–Crippen MR) is 136 cm³/mol. The summed E-state index contributed by atoms with van der Waals surface area (Å²) in [5, 5.41) is 20.2. The fourth-order valence-electron chi connectivity index (χ4n) is 4.36. The molecule has 4 heterocycles. The van der Waals surface area contributed by atoms with Gasteiger partial charge in [-0.3, -0.25) is 14.5 Å². The van der Waals surface area contributed by atoms with Crippen molar-refractivity contribution < 1.29 is 4.79 Å². The lowest BCUT2D eigenvalue weighted by atomic mass is 9.91. The lowest BCUT2D eigenvalue weighted by Crippen LogP contribution is -2.49. The van der Waals surface area contributed by atoms with Gasteiger partial charge in [0.05, 0.1) is 47.0 Å². The highest BCUT2D eigenvalue weighted by atomic mass is 16.2. The van der Waals surface area contributed by atoms with Crippen molar-refractivity contribution in [3.8, 4) is 6.07 Å². The molecule has 3 aromatic heterocycles. The van der Waals surface area contributed by atoms with Crippen molar-refractivity contribution in [2.75, 3.05) is 22.6 Å². The van der Waals surface area contributed by atoms with Crippen LogP contribution < -0.4 is 15.5 Å². The largest absolute Gasteiger partial charge is 0.366 e. The van der Waals surface area contributed by atoms with Gasteiger partial charge < -0.3 is 15.5 Å². The van der Waals surface area contributed by atoms with Gasteiger partial charge in [0.15, 0.2) is 0 Å². The first-order valence-electron chi connectivity index (χ1n) is 11.8. The average Bonchev–Trinajstić information content (AvgIpc) is 3.26. The summed E-state index contributed by atoms with van der Waals surface area (Å²) in [6.45, 7) is 10.9. The van der Waals surface area contributed by atoms with E-state index in [1.54, 1.807) is 6.20 Å². The minimum absolute atomic E-state index is 0.00615. The number of amides is 1. The molecule has 0 aliphatic carbocycles. The summed E-state index contributed by atoms with van der Waals surface area (Å²) in [6, 6.07) is 7.93. The van der Waals surface area contributed by atoms with Crippen molar-refractivity contribution >= 4 is 23.1 Å². The number of anilines is 3. The Morgan fingerprint density at radius 1 is 1.26 bits per heavy atom. The number of nitrogens with zero attached hydrogens (tertiary/aromatic N) is 6. The SMILES string of the molecule is Cc1nc(NCc2cnn(Cc3ccc(C(C)(C)C#N)nc3)c2)cc2c1NC(=O)[C@H](C(C)C)N2C. The van der Waals surface area contributed by atoms with Crippen LogP contribution in [0.1, 0.15) is 50.2 Å². The number of nitrogens with one attached hydrogen (secondary N) is 2. The molecule has 1 aliphatic rings. The van der Waals surface area contributed by atoms with Crippen LogP contribution >= 0.6 is 0 Å². The lowest BCUT2D eigenvalue weighted by Gasteiger charge is -2.38. The van der Waals surface area contributed by atoms with Gasteiger partial charge in [0, 0.05) is 37.6 Å². The Kier molecular flexibility index (Phi) is 6.48. The number of nitriles is 1. The minimum Gasteiger partial charge on any atom is -0.366 e. The molecule has 9 heteroatoms. The van der Waals surface area contributed by atoms with Gasteiger partial charge in [-0.2, -0.15) is 10.4 Å².